The quantitative estimate of drug-likeness (QED) is 0.803. The van der Waals surface area contributed by atoms with Crippen molar-refractivity contribution in [3.63, 3.8) is 0 Å². The first kappa shape index (κ1) is 14.8. The molecule has 1 aliphatic rings. The van der Waals surface area contributed by atoms with Gasteiger partial charge in [0.05, 0.1) is 12.8 Å². The van der Waals surface area contributed by atoms with E-state index in [9.17, 15) is 0 Å². The number of pyridine rings is 1. The van der Waals surface area contributed by atoms with Crippen molar-refractivity contribution in [1.29, 1.82) is 0 Å². The number of nitrogens with zero attached hydrogens (tertiary/aromatic N) is 1. The van der Waals surface area contributed by atoms with E-state index in [4.69, 9.17) is 15.2 Å². The maximum Gasteiger partial charge on any atom is 0.143 e. The lowest BCUT2D eigenvalue weighted by molar-refractivity contribution is 0.156. The van der Waals surface area contributed by atoms with Gasteiger partial charge in [0.2, 0.25) is 0 Å². The summed E-state index contributed by atoms with van der Waals surface area (Å²) in [7, 11) is 1.63. The second-order valence-corrected chi connectivity index (χ2v) is 6.64. The van der Waals surface area contributed by atoms with E-state index in [1.165, 1.54) is 0 Å². The van der Waals surface area contributed by atoms with Gasteiger partial charge >= 0.3 is 0 Å². The Morgan fingerprint density at radius 3 is 2.86 bits per heavy atom. The maximum absolute atomic E-state index is 6.27. The molecule has 1 unspecified atom stereocenters. The Kier molecular flexibility index (Phi) is 4.19. The van der Waals surface area contributed by atoms with Gasteiger partial charge in [-0.2, -0.15) is 0 Å². The minimum absolute atomic E-state index is 0.0815. The van der Waals surface area contributed by atoms with Gasteiger partial charge in [-0.15, -0.1) is 0 Å². The van der Waals surface area contributed by atoms with Crippen LogP contribution in [0.2, 0.25) is 0 Å². The molecular weight excluding hydrogens is 400 g/mol. The monoisotopic (exact) mass is 412 g/mol. The molecule has 0 spiro atoms. The number of aromatic nitrogens is 1. The van der Waals surface area contributed by atoms with Crippen LogP contribution >= 0.6 is 31.9 Å². The van der Waals surface area contributed by atoms with E-state index in [1.807, 2.05) is 24.3 Å². The van der Waals surface area contributed by atoms with Crippen molar-refractivity contribution in [2.45, 2.75) is 18.6 Å². The van der Waals surface area contributed by atoms with E-state index in [0.29, 0.717) is 6.42 Å². The largest absolute Gasteiger partial charge is 0.497 e. The highest BCUT2D eigenvalue weighted by atomic mass is 79.9. The summed E-state index contributed by atoms with van der Waals surface area (Å²) in [4.78, 5) is 4.45. The Morgan fingerprint density at radius 1 is 1.33 bits per heavy atom. The van der Waals surface area contributed by atoms with Crippen molar-refractivity contribution in [2.24, 2.45) is 5.73 Å². The summed E-state index contributed by atoms with van der Waals surface area (Å²) in [6.07, 6.45) is 2.27. The van der Waals surface area contributed by atoms with Crippen LogP contribution in [0.5, 0.6) is 11.5 Å². The van der Waals surface area contributed by atoms with Crippen molar-refractivity contribution >= 4 is 31.9 Å². The van der Waals surface area contributed by atoms with Gasteiger partial charge in [0.15, 0.2) is 0 Å². The Bertz CT molecular complexity index is 679. The van der Waals surface area contributed by atoms with Crippen LogP contribution in [0.25, 0.3) is 0 Å². The third kappa shape index (κ3) is 2.93. The zero-order valence-electron chi connectivity index (χ0n) is 11.3. The van der Waals surface area contributed by atoms with Gasteiger partial charge in [-0.05, 0) is 44.0 Å². The summed E-state index contributed by atoms with van der Waals surface area (Å²) in [6, 6.07) is 7.60. The lowest BCUT2D eigenvalue weighted by atomic mass is 9.95. The summed E-state index contributed by atoms with van der Waals surface area (Å²) in [5.74, 6) is 1.51. The zero-order valence-corrected chi connectivity index (χ0v) is 14.5. The molecule has 2 atom stereocenters. The number of methoxy groups -OCH3 is 1. The lowest BCUT2D eigenvalue weighted by Gasteiger charge is -2.30. The number of ether oxygens (including phenoxy) is 2. The van der Waals surface area contributed by atoms with Crippen molar-refractivity contribution < 1.29 is 9.47 Å². The SMILES string of the molecule is COc1ccc2c(c1)OC(c1ncc(Br)cc1Br)C[C@@H]2N. The molecule has 0 amide bonds. The van der Waals surface area contributed by atoms with Crippen molar-refractivity contribution in [3.05, 3.63) is 50.7 Å². The number of nitrogens with two attached hydrogens (primary N) is 1. The topological polar surface area (TPSA) is 57.4 Å². The molecule has 110 valence electrons. The number of halogens is 2. The number of rotatable bonds is 2. The molecule has 3 rings (SSSR count). The first-order valence-electron chi connectivity index (χ1n) is 6.49. The summed E-state index contributed by atoms with van der Waals surface area (Å²) < 4.78 is 13.1. The molecule has 0 saturated carbocycles. The van der Waals surface area contributed by atoms with E-state index in [0.717, 1.165) is 31.7 Å². The molecule has 0 radical (unpaired) electrons. The molecule has 0 fully saturated rings. The molecule has 1 aromatic heterocycles. The summed E-state index contributed by atoms with van der Waals surface area (Å²) in [5, 5.41) is 0. The van der Waals surface area contributed by atoms with E-state index in [-0.39, 0.29) is 12.1 Å². The van der Waals surface area contributed by atoms with Crippen molar-refractivity contribution in [3.8, 4) is 11.5 Å². The minimum atomic E-state index is -0.179. The Hall–Kier alpha value is -1.11. The molecule has 2 N–H and O–H groups in total. The lowest BCUT2D eigenvalue weighted by Crippen LogP contribution is -2.25. The third-order valence-corrected chi connectivity index (χ3v) is 4.57. The van der Waals surface area contributed by atoms with Crippen molar-refractivity contribution in [1.82, 2.24) is 4.98 Å². The third-order valence-electron chi connectivity index (χ3n) is 3.50. The van der Waals surface area contributed by atoms with Crippen LogP contribution < -0.4 is 15.2 Å². The van der Waals surface area contributed by atoms with E-state index >= 15 is 0 Å². The van der Waals surface area contributed by atoms with Gasteiger partial charge < -0.3 is 15.2 Å². The fourth-order valence-electron chi connectivity index (χ4n) is 2.44. The maximum atomic E-state index is 6.27. The van der Waals surface area contributed by atoms with Gasteiger partial charge in [0.25, 0.3) is 0 Å². The Balaban J connectivity index is 1.96. The van der Waals surface area contributed by atoms with Crippen LogP contribution in [-0.2, 0) is 0 Å². The average molecular weight is 414 g/mol. The van der Waals surface area contributed by atoms with Gasteiger partial charge in [0.1, 0.15) is 17.6 Å². The number of fused-ring (bicyclic) bond motifs is 1. The number of benzene rings is 1. The highest BCUT2D eigenvalue weighted by Gasteiger charge is 2.29. The second kappa shape index (κ2) is 5.94. The molecule has 2 heterocycles. The predicted molar refractivity (Wildman–Crippen MR) is 87.5 cm³/mol. The van der Waals surface area contributed by atoms with Crippen molar-refractivity contribution in [2.75, 3.05) is 7.11 Å². The molecule has 0 saturated heterocycles. The molecule has 6 heteroatoms. The fourth-order valence-corrected chi connectivity index (χ4v) is 3.68. The molecule has 0 aliphatic carbocycles. The Labute approximate surface area is 139 Å². The summed E-state index contributed by atoms with van der Waals surface area (Å²) in [5.41, 5.74) is 8.12. The second-order valence-electron chi connectivity index (χ2n) is 4.87. The van der Waals surface area contributed by atoms with Crippen LogP contribution in [0, 0.1) is 0 Å². The minimum Gasteiger partial charge on any atom is -0.497 e. The van der Waals surface area contributed by atoms with Crippen LogP contribution in [0.1, 0.15) is 29.8 Å². The van der Waals surface area contributed by atoms with Gasteiger partial charge in [-0.1, -0.05) is 6.07 Å². The van der Waals surface area contributed by atoms with E-state index < -0.39 is 0 Å². The smallest absolute Gasteiger partial charge is 0.143 e. The molecule has 0 bridgehead atoms. The molecule has 4 nitrogen and oxygen atoms in total. The highest BCUT2D eigenvalue weighted by Crippen LogP contribution is 2.42. The fraction of sp³-hybridized carbons (Fsp3) is 0.267. The van der Waals surface area contributed by atoms with Gasteiger partial charge in [-0.3, -0.25) is 4.98 Å². The average Bonchev–Trinajstić information content (AvgIpc) is 2.46. The standard InChI is InChI=1S/C15H14Br2N2O2/c1-20-9-2-3-10-12(18)6-14(21-13(10)5-9)15-11(17)4-8(16)7-19-15/h2-5,7,12,14H,6,18H2,1H3/t12-,14?/m0/s1. The zero-order chi connectivity index (χ0) is 15.0. The first-order valence-corrected chi connectivity index (χ1v) is 8.08. The van der Waals surface area contributed by atoms with E-state index in [2.05, 4.69) is 36.8 Å². The summed E-state index contributed by atoms with van der Waals surface area (Å²) >= 11 is 6.93. The van der Waals surface area contributed by atoms with Gasteiger partial charge in [0, 0.05) is 39.2 Å². The molecular formula is C15H14Br2N2O2. The summed E-state index contributed by atoms with van der Waals surface area (Å²) in [6.45, 7) is 0. The van der Waals surface area contributed by atoms with Crippen LogP contribution in [0.3, 0.4) is 0 Å². The Morgan fingerprint density at radius 2 is 2.14 bits per heavy atom. The number of hydrogen-bond acceptors (Lipinski definition) is 4. The molecule has 2 aromatic rings. The van der Waals surface area contributed by atoms with Crippen LogP contribution in [-0.4, -0.2) is 12.1 Å². The normalized spacial score (nSPS) is 20.6. The predicted octanol–water partition coefficient (Wildman–Crippen LogP) is 4.14. The van der Waals surface area contributed by atoms with E-state index in [1.54, 1.807) is 13.3 Å². The number of hydrogen-bond donors (Lipinski definition) is 1. The van der Waals surface area contributed by atoms with Crippen LogP contribution in [0.4, 0.5) is 0 Å². The molecule has 1 aliphatic heterocycles. The molecule has 1 aromatic carbocycles. The van der Waals surface area contributed by atoms with Crippen LogP contribution in [0.15, 0.2) is 39.4 Å². The van der Waals surface area contributed by atoms with Gasteiger partial charge in [-0.25, -0.2) is 0 Å². The first-order chi connectivity index (χ1) is 10.1. The molecule has 21 heavy (non-hydrogen) atoms. The highest BCUT2D eigenvalue weighted by molar-refractivity contribution is 9.11.